The summed E-state index contributed by atoms with van der Waals surface area (Å²) in [5, 5.41) is 8.48. The Bertz CT molecular complexity index is 446. The maximum absolute atomic E-state index is 13.4. The van der Waals surface area contributed by atoms with E-state index in [0.717, 1.165) is 0 Å². The molecule has 4 heteroatoms. The van der Waals surface area contributed by atoms with E-state index in [0.29, 0.717) is 11.1 Å². The lowest BCUT2D eigenvalue weighted by Gasteiger charge is -2.01. The molecule has 0 atom stereocenters. The first kappa shape index (κ1) is 12.5. The van der Waals surface area contributed by atoms with Gasteiger partial charge in [-0.2, -0.15) is 0 Å². The third kappa shape index (κ3) is 3.92. The normalized spacial score (nSPS) is 9.38. The quantitative estimate of drug-likeness (QED) is 0.651. The molecule has 0 aromatic heterocycles. The summed E-state index contributed by atoms with van der Waals surface area (Å²) in [7, 11) is 0. The smallest absolute Gasteiger partial charge is 0.303 e. The Balaban J connectivity index is 2.79. The van der Waals surface area contributed by atoms with Crippen molar-refractivity contribution in [3.8, 4) is 11.8 Å². The molecule has 0 saturated carbocycles. The molecule has 1 rings (SSSR count). The summed E-state index contributed by atoms with van der Waals surface area (Å²) in [5.41, 5.74) is 0.927. The van der Waals surface area contributed by atoms with Crippen LogP contribution in [0, 0.1) is 17.7 Å². The summed E-state index contributed by atoms with van der Waals surface area (Å²) in [6.07, 6.45) is 0.105. The van der Waals surface area contributed by atoms with Gasteiger partial charge in [0.05, 0.1) is 5.88 Å². The van der Waals surface area contributed by atoms with Crippen molar-refractivity contribution in [1.29, 1.82) is 0 Å². The zero-order chi connectivity index (χ0) is 12.0. The van der Waals surface area contributed by atoms with Crippen molar-refractivity contribution in [3.05, 3.63) is 35.1 Å². The van der Waals surface area contributed by atoms with Gasteiger partial charge in [0.15, 0.2) is 0 Å². The molecule has 0 saturated heterocycles. The molecule has 1 aromatic carbocycles. The molecule has 0 amide bonds. The molecule has 0 aliphatic heterocycles. The van der Waals surface area contributed by atoms with Crippen LogP contribution in [0.25, 0.3) is 0 Å². The first-order valence-electron chi connectivity index (χ1n) is 4.68. The Kier molecular flexibility index (Phi) is 4.81. The minimum absolute atomic E-state index is 0.0797. The number of alkyl halides is 1. The van der Waals surface area contributed by atoms with E-state index >= 15 is 0 Å². The van der Waals surface area contributed by atoms with Gasteiger partial charge in [0.25, 0.3) is 0 Å². The number of halogens is 2. The van der Waals surface area contributed by atoms with Gasteiger partial charge in [-0.3, -0.25) is 4.79 Å². The van der Waals surface area contributed by atoms with E-state index in [4.69, 9.17) is 16.7 Å². The highest BCUT2D eigenvalue weighted by Gasteiger charge is 2.05. The largest absolute Gasteiger partial charge is 0.481 e. The number of rotatable bonds is 3. The maximum Gasteiger partial charge on any atom is 0.303 e. The molecule has 0 bridgehead atoms. The number of carbonyl (C=O) groups is 1. The summed E-state index contributed by atoms with van der Waals surface area (Å²) in [6, 6.07) is 4.49. The molecule has 0 unspecified atom stereocenters. The van der Waals surface area contributed by atoms with Crippen molar-refractivity contribution in [2.45, 2.75) is 12.8 Å². The molecule has 16 heavy (non-hydrogen) atoms. The number of hydrogen-bond donors (Lipinski definition) is 1. The molecule has 0 aliphatic carbocycles. The Labute approximate surface area is 98.0 Å². The molecule has 0 heterocycles. The van der Waals surface area contributed by atoms with E-state index in [1.807, 2.05) is 0 Å². The lowest BCUT2D eigenvalue weighted by molar-refractivity contribution is -0.136. The number of benzene rings is 1. The van der Waals surface area contributed by atoms with Gasteiger partial charge in [-0.15, -0.1) is 11.6 Å². The van der Waals surface area contributed by atoms with E-state index in [-0.39, 0.29) is 18.7 Å². The molecular formula is C12H10ClFO2. The second-order valence-electron chi connectivity index (χ2n) is 3.14. The highest BCUT2D eigenvalue weighted by atomic mass is 35.5. The van der Waals surface area contributed by atoms with Crippen molar-refractivity contribution >= 4 is 17.6 Å². The molecule has 84 valence electrons. The van der Waals surface area contributed by atoms with Gasteiger partial charge in [0.2, 0.25) is 0 Å². The van der Waals surface area contributed by atoms with Crippen LogP contribution < -0.4 is 0 Å². The molecule has 2 nitrogen and oxygen atoms in total. The number of aryl methyl sites for hydroxylation is 1. The predicted molar refractivity (Wildman–Crippen MR) is 60.0 cm³/mol. The van der Waals surface area contributed by atoms with E-state index in [1.54, 1.807) is 12.1 Å². The minimum atomic E-state index is -0.939. The van der Waals surface area contributed by atoms with Gasteiger partial charge >= 0.3 is 5.97 Å². The third-order valence-electron chi connectivity index (χ3n) is 1.96. The average molecular weight is 241 g/mol. The highest BCUT2D eigenvalue weighted by Crippen LogP contribution is 2.12. The van der Waals surface area contributed by atoms with Crippen molar-refractivity contribution < 1.29 is 14.3 Å². The van der Waals surface area contributed by atoms with Crippen molar-refractivity contribution in [2.75, 3.05) is 5.88 Å². The predicted octanol–water partition coefficient (Wildman–Crippen LogP) is 2.43. The molecule has 0 spiro atoms. The maximum atomic E-state index is 13.4. The fourth-order valence-corrected chi connectivity index (χ4v) is 1.27. The van der Waals surface area contributed by atoms with Gasteiger partial charge < -0.3 is 5.11 Å². The van der Waals surface area contributed by atoms with Crippen LogP contribution in [-0.4, -0.2) is 17.0 Å². The number of aliphatic carboxylic acids is 1. The van der Waals surface area contributed by atoms with Gasteiger partial charge in [0.1, 0.15) is 5.82 Å². The topological polar surface area (TPSA) is 37.3 Å². The second-order valence-corrected chi connectivity index (χ2v) is 3.40. The summed E-state index contributed by atoms with van der Waals surface area (Å²) in [6.45, 7) is 0. The van der Waals surface area contributed by atoms with Crippen LogP contribution in [0.2, 0.25) is 0 Å². The second kappa shape index (κ2) is 6.14. The Hall–Kier alpha value is -1.53. The highest BCUT2D eigenvalue weighted by molar-refractivity contribution is 6.19. The number of hydrogen-bond acceptors (Lipinski definition) is 1. The van der Waals surface area contributed by atoms with Crippen LogP contribution in [0.15, 0.2) is 18.2 Å². The van der Waals surface area contributed by atoms with Crippen LogP contribution >= 0.6 is 11.6 Å². The van der Waals surface area contributed by atoms with Crippen molar-refractivity contribution in [3.63, 3.8) is 0 Å². The fraction of sp³-hybridized carbons (Fsp3) is 0.250. The Morgan fingerprint density at radius 3 is 2.81 bits per heavy atom. The average Bonchev–Trinajstić information content (AvgIpc) is 2.24. The lowest BCUT2D eigenvalue weighted by Crippen LogP contribution is -1.99. The van der Waals surface area contributed by atoms with Crippen LogP contribution in [-0.2, 0) is 11.2 Å². The van der Waals surface area contributed by atoms with Crippen LogP contribution in [0.4, 0.5) is 4.39 Å². The third-order valence-corrected chi connectivity index (χ3v) is 2.09. The first-order valence-corrected chi connectivity index (χ1v) is 5.22. The molecule has 1 aromatic rings. The summed E-state index contributed by atoms with van der Waals surface area (Å²) in [5.74, 6) is 4.13. The molecular weight excluding hydrogens is 231 g/mol. The van der Waals surface area contributed by atoms with E-state index in [2.05, 4.69) is 11.8 Å². The zero-order valence-electron chi connectivity index (χ0n) is 8.46. The zero-order valence-corrected chi connectivity index (χ0v) is 9.22. The molecule has 1 N–H and O–H groups in total. The van der Waals surface area contributed by atoms with Gasteiger partial charge in [-0.05, 0) is 24.1 Å². The number of carboxylic acids is 1. The molecule has 0 fully saturated rings. The van der Waals surface area contributed by atoms with E-state index < -0.39 is 11.8 Å². The van der Waals surface area contributed by atoms with Crippen LogP contribution in [0.5, 0.6) is 0 Å². The van der Waals surface area contributed by atoms with Gasteiger partial charge in [-0.25, -0.2) is 4.39 Å². The van der Waals surface area contributed by atoms with Crippen molar-refractivity contribution in [2.24, 2.45) is 0 Å². The van der Waals surface area contributed by atoms with Crippen LogP contribution in [0.3, 0.4) is 0 Å². The molecule has 0 aliphatic rings. The molecule has 0 radical (unpaired) electrons. The van der Waals surface area contributed by atoms with Gasteiger partial charge in [-0.1, -0.05) is 17.9 Å². The van der Waals surface area contributed by atoms with E-state index in [1.165, 1.54) is 6.07 Å². The summed E-state index contributed by atoms with van der Waals surface area (Å²) >= 11 is 5.37. The van der Waals surface area contributed by atoms with Crippen LogP contribution in [0.1, 0.15) is 17.5 Å². The van der Waals surface area contributed by atoms with Crippen molar-refractivity contribution in [1.82, 2.24) is 0 Å². The minimum Gasteiger partial charge on any atom is -0.481 e. The number of carboxylic acid groups (broad SMARTS) is 1. The lowest BCUT2D eigenvalue weighted by atomic mass is 10.1. The SMILES string of the molecule is O=C(O)CCc1ccc(C#CCCl)cc1F. The van der Waals surface area contributed by atoms with Gasteiger partial charge in [0, 0.05) is 12.0 Å². The Morgan fingerprint density at radius 1 is 1.50 bits per heavy atom. The summed E-state index contributed by atoms with van der Waals surface area (Å²) in [4.78, 5) is 10.3. The first-order chi connectivity index (χ1) is 7.63. The monoisotopic (exact) mass is 240 g/mol. The Morgan fingerprint density at radius 2 is 2.25 bits per heavy atom. The fourth-order valence-electron chi connectivity index (χ4n) is 1.20. The standard InChI is InChI=1S/C12H10ClFO2/c13-7-1-2-9-3-4-10(11(14)8-9)5-6-12(15)16/h3-4,8H,5-7H2,(H,15,16). The summed E-state index contributed by atoms with van der Waals surface area (Å²) < 4.78 is 13.4. The van der Waals surface area contributed by atoms with E-state index in [9.17, 15) is 9.18 Å².